The van der Waals surface area contributed by atoms with Gasteiger partial charge in [0.05, 0.1) is 6.54 Å². The van der Waals surface area contributed by atoms with E-state index in [9.17, 15) is 0 Å². The average molecular weight is 190 g/mol. The van der Waals surface area contributed by atoms with Crippen molar-refractivity contribution in [2.45, 2.75) is 20.0 Å². The van der Waals surface area contributed by atoms with Gasteiger partial charge in [-0.3, -0.25) is 0 Å². The molecule has 14 heavy (non-hydrogen) atoms. The molecule has 2 aromatic heterocycles. The van der Waals surface area contributed by atoms with Gasteiger partial charge in [-0.25, -0.2) is 9.97 Å². The molecular weight excluding hydrogens is 176 g/mol. The molecular formula is C10H14N4. The van der Waals surface area contributed by atoms with E-state index < -0.39 is 0 Å². The topological polar surface area (TPSA) is 42.7 Å². The molecule has 2 aromatic rings. The Morgan fingerprint density at radius 3 is 3.07 bits per heavy atom. The smallest absolute Gasteiger partial charge is 0.160 e. The summed E-state index contributed by atoms with van der Waals surface area (Å²) in [6, 6.07) is 3.91. The maximum atomic E-state index is 4.51. The summed E-state index contributed by atoms with van der Waals surface area (Å²) in [7, 11) is 1.92. The molecule has 0 bridgehead atoms. The highest BCUT2D eigenvalue weighted by molar-refractivity contribution is 5.71. The fourth-order valence-corrected chi connectivity index (χ4v) is 1.63. The van der Waals surface area contributed by atoms with E-state index >= 15 is 0 Å². The lowest BCUT2D eigenvalue weighted by molar-refractivity contribution is 0.667. The average Bonchev–Trinajstić information content (AvgIpc) is 2.55. The van der Waals surface area contributed by atoms with Crippen LogP contribution in [0.15, 0.2) is 18.3 Å². The molecule has 0 fully saturated rings. The van der Waals surface area contributed by atoms with Crippen LogP contribution in [0.25, 0.3) is 11.2 Å². The number of aryl methyl sites for hydroxylation is 1. The maximum Gasteiger partial charge on any atom is 0.160 e. The third-order valence-electron chi connectivity index (χ3n) is 2.23. The van der Waals surface area contributed by atoms with E-state index in [0.717, 1.165) is 30.1 Å². The minimum Gasteiger partial charge on any atom is -0.313 e. The zero-order valence-corrected chi connectivity index (χ0v) is 8.49. The van der Waals surface area contributed by atoms with Gasteiger partial charge in [-0.1, -0.05) is 0 Å². The second-order valence-electron chi connectivity index (χ2n) is 3.15. The van der Waals surface area contributed by atoms with Crippen molar-refractivity contribution in [1.29, 1.82) is 0 Å². The molecule has 0 saturated heterocycles. The zero-order valence-electron chi connectivity index (χ0n) is 8.49. The Bertz CT molecular complexity index is 433. The molecule has 0 amide bonds. The van der Waals surface area contributed by atoms with Crippen molar-refractivity contribution >= 4 is 11.2 Å². The van der Waals surface area contributed by atoms with Crippen LogP contribution < -0.4 is 5.32 Å². The number of hydrogen-bond donors (Lipinski definition) is 1. The van der Waals surface area contributed by atoms with Gasteiger partial charge in [0.1, 0.15) is 11.3 Å². The van der Waals surface area contributed by atoms with Gasteiger partial charge in [-0.2, -0.15) is 0 Å². The Morgan fingerprint density at radius 2 is 2.36 bits per heavy atom. The Morgan fingerprint density at radius 1 is 1.50 bits per heavy atom. The predicted molar refractivity (Wildman–Crippen MR) is 56.0 cm³/mol. The fraction of sp³-hybridized carbons (Fsp3) is 0.400. The minimum absolute atomic E-state index is 0.782. The summed E-state index contributed by atoms with van der Waals surface area (Å²) in [6.45, 7) is 3.80. The van der Waals surface area contributed by atoms with Crippen molar-refractivity contribution in [3.05, 3.63) is 24.2 Å². The molecule has 2 rings (SSSR count). The molecule has 0 aromatic carbocycles. The molecule has 0 aliphatic heterocycles. The molecule has 0 aliphatic rings. The predicted octanol–water partition coefficient (Wildman–Crippen LogP) is 1.17. The number of rotatable bonds is 3. The van der Waals surface area contributed by atoms with E-state index in [1.54, 1.807) is 6.20 Å². The van der Waals surface area contributed by atoms with E-state index in [0.29, 0.717) is 0 Å². The second-order valence-corrected chi connectivity index (χ2v) is 3.15. The van der Waals surface area contributed by atoms with Gasteiger partial charge >= 0.3 is 0 Å². The Hall–Kier alpha value is -1.42. The second kappa shape index (κ2) is 3.75. The summed E-state index contributed by atoms with van der Waals surface area (Å²) in [5, 5.41) is 3.11. The molecule has 74 valence electrons. The van der Waals surface area contributed by atoms with Crippen molar-refractivity contribution in [3.63, 3.8) is 0 Å². The fourth-order valence-electron chi connectivity index (χ4n) is 1.63. The lowest BCUT2D eigenvalue weighted by Crippen LogP contribution is -2.11. The maximum absolute atomic E-state index is 4.51. The standard InChI is InChI=1S/C10H14N4/c1-3-14-9(7-11-2)13-8-5-4-6-12-10(8)14/h4-6,11H,3,7H2,1-2H3. The van der Waals surface area contributed by atoms with E-state index in [2.05, 4.69) is 26.8 Å². The molecule has 0 aliphatic carbocycles. The van der Waals surface area contributed by atoms with Crippen LogP contribution in [-0.2, 0) is 13.1 Å². The summed E-state index contributed by atoms with van der Waals surface area (Å²) in [6.07, 6.45) is 1.80. The van der Waals surface area contributed by atoms with Gasteiger partial charge in [0.15, 0.2) is 5.65 Å². The molecule has 0 saturated carbocycles. The van der Waals surface area contributed by atoms with Gasteiger partial charge in [-0.05, 0) is 26.1 Å². The number of nitrogens with one attached hydrogen (secondary N) is 1. The summed E-state index contributed by atoms with van der Waals surface area (Å²) in [4.78, 5) is 8.84. The van der Waals surface area contributed by atoms with Crippen LogP contribution in [0.2, 0.25) is 0 Å². The monoisotopic (exact) mass is 190 g/mol. The van der Waals surface area contributed by atoms with Crippen molar-refractivity contribution in [2.75, 3.05) is 7.05 Å². The van der Waals surface area contributed by atoms with Crippen molar-refractivity contribution in [1.82, 2.24) is 19.9 Å². The van der Waals surface area contributed by atoms with E-state index in [1.807, 2.05) is 19.2 Å². The number of hydrogen-bond acceptors (Lipinski definition) is 3. The highest BCUT2D eigenvalue weighted by Crippen LogP contribution is 2.12. The van der Waals surface area contributed by atoms with Crippen LogP contribution in [0.3, 0.4) is 0 Å². The summed E-state index contributed by atoms with van der Waals surface area (Å²) in [5.74, 6) is 1.05. The first-order chi connectivity index (χ1) is 6.86. The molecule has 0 spiro atoms. The van der Waals surface area contributed by atoms with Crippen LogP contribution in [0.1, 0.15) is 12.7 Å². The van der Waals surface area contributed by atoms with Crippen LogP contribution in [0.4, 0.5) is 0 Å². The third kappa shape index (κ3) is 1.37. The highest BCUT2D eigenvalue weighted by atomic mass is 15.1. The van der Waals surface area contributed by atoms with Crippen LogP contribution in [-0.4, -0.2) is 21.6 Å². The molecule has 0 unspecified atom stereocenters. The molecule has 4 heteroatoms. The molecule has 4 nitrogen and oxygen atoms in total. The van der Waals surface area contributed by atoms with E-state index in [1.165, 1.54) is 0 Å². The zero-order chi connectivity index (χ0) is 9.97. The summed E-state index contributed by atoms with van der Waals surface area (Å²) >= 11 is 0. The molecule has 2 heterocycles. The normalized spacial score (nSPS) is 11.0. The SMILES string of the molecule is CCn1c(CNC)nc2cccnc21. The van der Waals surface area contributed by atoms with Gasteiger partial charge in [-0.15, -0.1) is 0 Å². The lowest BCUT2D eigenvalue weighted by Gasteiger charge is -2.03. The van der Waals surface area contributed by atoms with Crippen molar-refractivity contribution in [3.8, 4) is 0 Å². The first-order valence-electron chi connectivity index (χ1n) is 4.81. The number of fused-ring (bicyclic) bond motifs is 1. The first-order valence-corrected chi connectivity index (χ1v) is 4.81. The van der Waals surface area contributed by atoms with E-state index in [4.69, 9.17) is 0 Å². The number of imidazole rings is 1. The van der Waals surface area contributed by atoms with Gasteiger partial charge < -0.3 is 9.88 Å². The highest BCUT2D eigenvalue weighted by Gasteiger charge is 2.08. The molecule has 1 N–H and O–H groups in total. The van der Waals surface area contributed by atoms with Crippen LogP contribution in [0.5, 0.6) is 0 Å². The largest absolute Gasteiger partial charge is 0.313 e. The third-order valence-corrected chi connectivity index (χ3v) is 2.23. The minimum atomic E-state index is 0.782. The Labute approximate surface area is 83.0 Å². The van der Waals surface area contributed by atoms with Crippen molar-refractivity contribution in [2.24, 2.45) is 0 Å². The molecule has 0 radical (unpaired) electrons. The first kappa shape index (κ1) is 9.15. The van der Waals surface area contributed by atoms with Crippen LogP contribution >= 0.6 is 0 Å². The van der Waals surface area contributed by atoms with Gasteiger partial charge in [0.25, 0.3) is 0 Å². The van der Waals surface area contributed by atoms with Gasteiger partial charge in [0, 0.05) is 12.7 Å². The van der Waals surface area contributed by atoms with E-state index in [-0.39, 0.29) is 0 Å². The summed E-state index contributed by atoms with van der Waals surface area (Å²) < 4.78 is 2.13. The number of aromatic nitrogens is 3. The lowest BCUT2D eigenvalue weighted by atomic mass is 10.4. The quantitative estimate of drug-likeness (QED) is 0.790. The number of nitrogens with zero attached hydrogens (tertiary/aromatic N) is 3. The van der Waals surface area contributed by atoms with Gasteiger partial charge in [0.2, 0.25) is 0 Å². The molecule has 0 atom stereocenters. The van der Waals surface area contributed by atoms with Crippen LogP contribution in [0, 0.1) is 0 Å². The Kier molecular flexibility index (Phi) is 2.45. The van der Waals surface area contributed by atoms with Crippen molar-refractivity contribution < 1.29 is 0 Å². The number of pyridine rings is 1. The Balaban J connectivity index is 2.60. The summed E-state index contributed by atoms with van der Waals surface area (Å²) in [5.41, 5.74) is 1.94.